The van der Waals surface area contributed by atoms with Gasteiger partial charge in [0.1, 0.15) is 30.2 Å². The number of thiol groups is 1. The number of unbranched alkanes of at least 4 members (excludes halogenated alkanes) is 1. The fraction of sp³-hybridized carbons (Fsp3) is 0.677. The van der Waals surface area contributed by atoms with Crippen molar-refractivity contribution in [2.75, 3.05) is 12.3 Å². The summed E-state index contributed by atoms with van der Waals surface area (Å²) in [6, 6.07) is -7.56. The minimum atomic E-state index is -1.60. The number of carbonyl (C=O) groups excluding carboxylic acids is 7. The molecule has 0 saturated carbocycles. The molecule has 0 saturated heterocycles. The zero-order valence-corrected chi connectivity index (χ0v) is 30.3. The lowest BCUT2D eigenvalue weighted by Gasteiger charge is -2.26. The van der Waals surface area contributed by atoms with Crippen molar-refractivity contribution in [2.24, 2.45) is 29.0 Å². The molecule has 0 bridgehead atoms. The number of hydrogen-bond acceptors (Lipinski definition) is 11. The lowest BCUT2D eigenvalue weighted by molar-refractivity contribution is -0.144. The maximum atomic E-state index is 13.2. The van der Waals surface area contributed by atoms with Crippen LogP contribution in [0.3, 0.4) is 0 Å². The maximum absolute atomic E-state index is 13.2. The highest BCUT2D eigenvalue weighted by atomic mass is 32.1. The number of carboxylic acid groups (broad SMARTS) is 1. The number of carbonyl (C=O) groups is 8. The molecule has 0 fully saturated rings. The van der Waals surface area contributed by atoms with E-state index in [-0.39, 0.29) is 23.8 Å². The predicted octanol–water partition coefficient (Wildman–Crippen LogP) is -2.50. The fourth-order valence-electron chi connectivity index (χ4n) is 4.41. The van der Waals surface area contributed by atoms with E-state index in [0.717, 1.165) is 0 Å². The van der Waals surface area contributed by atoms with Crippen molar-refractivity contribution in [3.63, 3.8) is 0 Å². The van der Waals surface area contributed by atoms with Gasteiger partial charge in [0.15, 0.2) is 0 Å². The molecule has 18 nitrogen and oxygen atoms in total. The zero-order valence-electron chi connectivity index (χ0n) is 29.4. The van der Waals surface area contributed by atoms with Crippen LogP contribution in [0.5, 0.6) is 0 Å². The third kappa shape index (κ3) is 16.9. The smallest absolute Gasteiger partial charge is 0.326 e. The highest BCUT2D eigenvalue weighted by Crippen LogP contribution is 2.10. The number of nitrogens with two attached hydrogens (primary N) is 3. The number of amides is 7. The average molecular weight is 730 g/mol. The molecule has 0 unspecified atom stereocenters. The summed E-state index contributed by atoms with van der Waals surface area (Å²) in [5, 5.41) is 23.8. The molecule has 7 atom stereocenters. The van der Waals surface area contributed by atoms with E-state index in [4.69, 9.17) is 17.2 Å². The molecule has 0 aliphatic heterocycles. The summed E-state index contributed by atoms with van der Waals surface area (Å²) < 4.78 is 0. The van der Waals surface area contributed by atoms with Crippen molar-refractivity contribution in [3.8, 4) is 0 Å². The van der Waals surface area contributed by atoms with Crippen LogP contribution in [0.4, 0.5) is 0 Å². The lowest BCUT2D eigenvalue weighted by atomic mass is 9.98. The van der Waals surface area contributed by atoms with E-state index >= 15 is 0 Å². The molecular formula is C31H55N9O9S. The van der Waals surface area contributed by atoms with Crippen LogP contribution in [-0.4, -0.2) is 101 Å². The summed E-state index contributed by atoms with van der Waals surface area (Å²) in [7, 11) is 0. The normalized spacial score (nSPS) is 15.1. The average Bonchev–Trinajstić information content (AvgIpc) is 3.03. The van der Waals surface area contributed by atoms with Crippen molar-refractivity contribution < 1.29 is 43.5 Å². The van der Waals surface area contributed by atoms with E-state index in [1.807, 2.05) is 13.8 Å². The first kappa shape index (κ1) is 45.8. The summed E-state index contributed by atoms with van der Waals surface area (Å²) in [6.07, 6.45) is 1.18. The second-order valence-electron chi connectivity index (χ2n) is 12.4. The molecule has 7 amide bonds. The van der Waals surface area contributed by atoms with Crippen LogP contribution in [0.15, 0.2) is 12.3 Å². The summed E-state index contributed by atoms with van der Waals surface area (Å²) in [4.78, 5) is 101. The standard InChI is InChI=1S/C31H55N9O9S/c1-7-16(4)24(31(48)49)40-28(45)20(10-8-9-11-32)37-30(47)22(14-50)39-29(46)21(13-23(34)41)38-26(43)18(6)35-25(42)17(5)36-27(44)19(33)12-15(2)3/h15-16,18-22,24,50H,5,7-14,32-33H2,1-4,6H3,(H2,34,41)(H,35,42)(H,36,44)(H,37,47)(H,38,43)(H,39,46)(H,40,45)(H,48,49)/t16-,18-,19-,20-,21-,22-,24-/m0/s1. The van der Waals surface area contributed by atoms with E-state index in [1.165, 1.54) is 6.92 Å². The Morgan fingerprint density at radius 3 is 1.82 bits per heavy atom. The fourth-order valence-corrected chi connectivity index (χ4v) is 4.66. The van der Waals surface area contributed by atoms with Crippen LogP contribution in [0.25, 0.3) is 0 Å². The number of nitrogens with one attached hydrogen (secondary N) is 6. The number of carboxylic acids is 1. The van der Waals surface area contributed by atoms with E-state index in [0.29, 0.717) is 32.2 Å². The Hall–Kier alpha value is -4.23. The largest absolute Gasteiger partial charge is 0.480 e. The minimum Gasteiger partial charge on any atom is -0.480 e. The summed E-state index contributed by atoms with van der Waals surface area (Å²) in [5.74, 6) is -7.88. The molecule has 0 aliphatic carbocycles. The van der Waals surface area contributed by atoms with Crippen LogP contribution in [0.2, 0.25) is 0 Å². The van der Waals surface area contributed by atoms with Crippen molar-refractivity contribution in [1.29, 1.82) is 0 Å². The molecule has 0 heterocycles. The summed E-state index contributed by atoms with van der Waals surface area (Å²) in [6.45, 7) is 12.2. The van der Waals surface area contributed by atoms with Gasteiger partial charge in [0.05, 0.1) is 18.2 Å². The minimum absolute atomic E-state index is 0.111. The van der Waals surface area contributed by atoms with Crippen molar-refractivity contribution >= 4 is 59.9 Å². The van der Waals surface area contributed by atoms with Gasteiger partial charge in [0, 0.05) is 5.75 Å². The Labute approximate surface area is 298 Å². The Morgan fingerprint density at radius 1 is 0.780 bits per heavy atom. The Balaban J connectivity index is 5.67. The molecule has 0 aliphatic rings. The third-order valence-electron chi connectivity index (χ3n) is 7.56. The molecule has 0 aromatic rings. The topological polar surface area (TPSA) is 307 Å². The van der Waals surface area contributed by atoms with Crippen molar-refractivity contribution in [1.82, 2.24) is 31.9 Å². The monoisotopic (exact) mass is 729 g/mol. The number of aliphatic carboxylic acids is 1. The van der Waals surface area contributed by atoms with Gasteiger partial charge in [-0.25, -0.2) is 4.79 Å². The second kappa shape index (κ2) is 23.2. The van der Waals surface area contributed by atoms with Crippen molar-refractivity contribution in [3.05, 3.63) is 12.3 Å². The molecule has 0 rings (SSSR count). The summed E-state index contributed by atoms with van der Waals surface area (Å²) in [5.41, 5.74) is 16.3. The number of rotatable bonds is 24. The molecule has 19 heteroatoms. The zero-order chi connectivity index (χ0) is 38.7. The van der Waals surface area contributed by atoms with Crippen LogP contribution in [-0.2, 0) is 38.4 Å². The van der Waals surface area contributed by atoms with Crippen LogP contribution >= 0.6 is 12.6 Å². The van der Waals surface area contributed by atoms with E-state index in [2.05, 4.69) is 51.1 Å². The van der Waals surface area contributed by atoms with E-state index in [9.17, 15) is 43.5 Å². The Kier molecular flexibility index (Phi) is 21.3. The van der Waals surface area contributed by atoms with Gasteiger partial charge in [-0.1, -0.05) is 40.7 Å². The van der Waals surface area contributed by atoms with Crippen LogP contribution < -0.4 is 49.1 Å². The van der Waals surface area contributed by atoms with Crippen LogP contribution in [0, 0.1) is 11.8 Å². The van der Waals surface area contributed by atoms with Gasteiger partial charge in [-0.05, 0) is 51.0 Å². The quantitative estimate of drug-likeness (QED) is 0.0280. The van der Waals surface area contributed by atoms with E-state index in [1.54, 1.807) is 13.8 Å². The predicted molar refractivity (Wildman–Crippen MR) is 188 cm³/mol. The van der Waals surface area contributed by atoms with E-state index < -0.39 is 95.9 Å². The third-order valence-corrected chi connectivity index (χ3v) is 7.93. The molecule has 0 spiro atoms. The van der Waals surface area contributed by atoms with Gasteiger partial charge < -0.3 is 54.2 Å². The highest BCUT2D eigenvalue weighted by molar-refractivity contribution is 7.80. The first-order valence-corrected chi connectivity index (χ1v) is 17.0. The lowest BCUT2D eigenvalue weighted by Crippen LogP contribution is -2.60. The molecule has 284 valence electrons. The summed E-state index contributed by atoms with van der Waals surface area (Å²) >= 11 is 4.12. The molecule has 50 heavy (non-hydrogen) atoms. The van der Waals surface area contributed by atoms with Gasteiger partial charge in [-0.15, -0.1) is 0 Å². The van der Waals surface area contributed by atoms with Gasteiger partial charge in [0.25, 0.3) is 5.91 Å². The van der Waals surface area contributed by atoms with Gasteiger partial charge >= 0.3 is 5.97 Å². The Bertz CT molecular complexity index is 1230. The molecular weight excluding hydrogens is 674 g/mol. The molecule has 0 aromatic carbocycles. The van der Waals surface area contributed by atoms with Gasteiger partial charge in [-0.2, -0.15) is 12.6 Å². The second-order valence-corrected chi connectivity index (χ2v) is 12.8. The van der Waals surface area contributed by atoms with Crippen molar-refractivity contribution in [2.45, 2.75) is 109 Å². The first-order valence-electron chi connectivity index (χ1n) is 16.4. The molecule has 0 aromatic heterocycles. The SMILES string of the molecule is C=C(NC(=O)[C@@H](N)CC(C)C)C(=O)N[C@@H](C)C(=O)N[C@@H](CC(N)=O)C(=O)N[C@@H](CS)C(=O)N[C@@H](CCCCN)C(=O)N[C@H](C(=O)O)[C@@H](C)CC. The van der Waals surface area contributed by atoms with Gasteiger partial charge in [-0.3, -0.25) is 33.6 Å². The molecule has 0 radical (unpaired) electrons. The Morgan fingerprint density at radius 2 is 1.32 bits per heavy atom. The number of primary amides is 1. The molecule has 13 N–H and O–H groups in total. The maximum Gasteiger partial charge on any atom is 0.326 e. The number of hydrogen-bond donors (Lipinski definition) is 11. The first-order chi connectivity index (χ1) is 23.3. The van der Waals surface area contributed by atoms with Gasteiger partial charge in [0.2, 0.25) is 35.4 Å². The van der Waals surface area contributed by atoms with Crippen LogP contribution in [0.1, 0.15) is 73.1 Å². The highest BCUT2D eigenvalue weighted by Gasteiger charge is 2.33.